The smallest absolute Gasteiger partial charge is 0.0355 e. The highest BCUT2D eigenvalue weighted by atomic mass is 14.7. The second-order valence-corrected chi connectivity index (χ2v) is 6.33. The average Bonchev–Trinajstić information content (AvgIpc) is 2.34. The summed E-state index contributed by atoms with van der Waals surface area (Å²) in [5.74, 6) is 0. The Morgan fingerprint density at radius 2 is 1.63 bits per heavy atom. The van der Waals surface area contributed by atoms with Crippen LogP contribution in [0, 0.1) is 6.92 Å². The first-order valence-electron chi connectivity index (χ1n) is 7.84. The van der Waals surface area contributed by atoms with Gasteiger partial charge in [-0.25, -0.2) is 0 Å². The van der Waals surface area contributed by atoms with Crippen LogP contribution in [0.15, 0.2) is 18.2 Å². The first-order chi connectivity index (χ1) is 8.96. The first kappa shape index (κ1) is 16.2. The minimum Gasteiger partial charge on any atom is -0.322 e. The molecule has 0 saturated carbocycles. The molecule has 1 rings (SSSR count). The molecule has 0 aliphatic carbocycles. The maximum atomic E-state index is 6.24. The lowest BCUT2D eigenvalue weighted by Crippen LogP contribution is -2.29. The Bertz CT molecular complexity index is 374. The molecule has 1 nitrogen and oxygen atoms in total. The lowest BCUT2D eigenvalue weighted by Gasteiger charge is -2.23. The molecule has 2 N–H and O–H groups in total. The van der Waals surface area contributed by atoms with E-state index >= 15 is 0 Å². The van der Waals surface area contributed by atoms with Crippen molar-refractivity contribution >= 4 is 0 Å². The fourth-order valence-corrected chi connectivity index (χ4v) is 2.75. The van der Waals surface area contributed by atoms with Crippen molar-refractivity contribution in [2.24, 2.45) is 5.73 Å². The quantitative estimate of drug-likeness (QED) is 0.648. The first-order valence-corrected chi connectivity index (χ1v) is 7.84. The average molecular weight is 261 g/mol. The van der Waals surface area contributed by atoms with Crippen LogP contribution in [-0.4, -0.2) is 0 Å². The minimum absolute atomic E-state index is 0.235. The SMILES string of the molecule is CCCCCCCCc1cccc(C(C)(C)N)c1C. The molecule has 1 heteroatoms. The van der Waals surface area contributed by atoms with Crippen LogP contribution < -0.4 is 5.73 Å². The fourth-order valence-electron chi connectivity index (χ4n) is 2.75. The van der Waals surface area contributed by atoms with E-state index in [1.54, 1.807) is 0 Å². The van der Waals surface area contributed by atoms with E-state index in [9.17, 15) is 0 Å². The van der Waals surface area contributed by atoms with Gasteiger partial charge in [-0.05, 0) is 50.3 Å². The van der Waals surface area contributed by atoms with Crippen LogP contribution in [0.1, 0.15) is 76.0 Å². The van der Waals surface area contributed by atoms with Gasteiger partial charge in [-0.1, -0.05) is 57.2 Å². The van der Waals surface area contributed by atoms with Crippen molar-refractivity contribution in [1.29, 1.82) is 0 Å². The number of hydrogen-bond acceptors (Lipinski definition) is 1. The van der Waals surface area contributed by atoms with E-state index in [1.807, 2.05) is 0 Å². The van der Waals surface area contributed by atoms with Crippen LogP contribution in [0.5, 0.6) is 0 Å². The van der Waals surface area contributed by atoms with Crippen molar-refractivity contribution in [2.75, 3.05) is 0 Å². The molecular weight excluding hydrogens is 230 g/mol. The van der Waals surface area contributed by atoms with Gasteiger partial charge in [0.05, 0.1) is 0 Å². The van der Waals surface area contributed by atoms with Gasteiger partial charge in [0.25, 0.3) is 0 Å². The molecule has 0 amide bonds. The Balaban J connectivity index is 2.51. The van der Waals surface area contributed by atoms with Crippen LogP contribution >= 0.6 is 0 Å². The largest absolute Gasteiger partial charge is 0.322 e. The molecule has 0 radical (unpaired) electrons. The molecule has 0 aliphatic heterocycles. The standard InChI is InChI=1S/C18H31N/c1-5-6-7-8-9-10-12-16-13-11-14-17(15(16)2)18(3,4)19/h11,13-14H,5-10,12,19H2,1-4H3. The predicted octanol–water partition coefficient (Wildman–Crippen LogP) is 5.09. The lowest BCUT2D eigenvalue weighted by atomic mass is 9.87. The minimum atomic E-state index is -0.235. The van der Waals surface area contributed by atoms with E-state index in [4.69, 9.17) is 5.73 Å². The normalized spacial score (nSPS) is 11.8. The highest BCUT2D eigenvalue weighted by Crippen LogP contribution is 2.24. The van der Waals surface area contributed by atoms with Gasteiger partial charge >= 0.3 is 0 Å². The summed E-state index contributed by atoms with van der Waals surface area (Å²) in [5.41, 5.74) is 10.2. The fraction of sp³-hybridized carbons (Fsp3) is 0.667. The van der Waals surface area contributed by atoms with Crippen molar-refractivity contribution in [3.05, 3.63) is 34.9 Å². The summed E-state index contributed by atoms with van der Waals surface area (Å²) < 4.78 is 0. The second kappa shape index (κ2) is 7.69. The molecule has 1 aromatic carbocycles. The summed E-state index contributed by atoms with van der Waals surface area (Å²) in [5, 5.41) is 0. The van der Waals surface area contributed by atoms with E-state index in [-0.39, 0.29) is 5.54 Å². The van der Waals surface area contributed by atoms with Gasteiger partial charge in [0.15, 0.2) is 0 Å². The van der Waals surface area contributed by atoms with Crippen LogP contribution in [0.3, 0.4) is 0 Å². The molecule has 0 aromatic heterocycles. The van der Waals surface area contributed by atoms with E-state index in [0.29, 0.717) is 0 Å². The van der Waals surface area contributed by atoms with Crippen molar-refractivity contribution in [2.45, 2.75) is 78.2 Å². The molecule has 0 saturated heterocycles. The predicted molar refractivity (Wildman–Crippen MR) is 85.5 cm³/mol. The zero-order chi connectivity index (χ0) is 14.3. The van der Waals surface area contributed by atoms with Gasteiger partial charge in [0, 0.05) is 5.54 Å². The molecule has 0 aliphatic rings. The zero-order valence-electron chi connectivity index (χ0n) is 13.3. The Morgan fingerprint density at radius 3 is 2.26 bits per heavy atom. The number of unbranched alkanes of at least 4 members (excludes halogenated alkanes) is 5. The number of benzene rings is 1. The number of rotatable bonds is 8. The monoisotopic (exact) mass is 261 g/mol. The molecule has 0 spiro atoms. The number of nitrogens with two attached hydrogens (primary N) is 1. The third-order valence-corrected chi connectivity index (χ3v) is 3.94. The van der Waals surface area contributed by atoms with Crippen LogP contribution in [-0.2, 0) is 12.0 Å². The van der Waals surface area contributed by atoms with Gasteiger partial charge < -0.3 is 5.73 Å². The zero-order valence-corrected chi connectivity index (χ0v) is 13.3. The number of aryl methyl sites for hydroxylation is 1. The maximum absolute atomic E-state index is 6.24. The topological polar surface area (TPSA) is 26.0 Å². The van der Waals surface area contributed by atoms with Crippen molar-refractivity contribution in [1.82, 2.24) is 0 Å². The molecule has 1 aromatic rings. The van der Waals surface area contributed by atoms with Crippen LogP contribution in [0.25, 0.3) is 0 Å². The van der Waals surface area contributed by atoms with Crippen molar-refractivity contribution < 1.29 is 0 Å². The van der Waals surface area contributed by atoms with Gasteiger partial charge in [-0.15, -0.1) is 0 Å². The van der Waals surface area contributed by atoms with Gasteiger partial charge in [0.2, 0.25) is 0 Å². The molecule has 19 heavy (non-hydrogen) atoms. The summed E-state index contributed by atoms with van der Waals surface area (Å²) >= 11 is 0. The summed E-state index contributed by atoms with van der Waals surface area (Å²) in [7, 11) is 0. The Labute approximate surface area is 119 Å². The van der Waals surface area contributed by atoms with Crippen LogP contribution in [0.4, 0.5) is 0 Å². The van der Waals surface area contributed by atoms with Crippen molar-refractivity contribution in [3.63, 3.8) is 0 Å². The molecule has 0 atom stereocenters. The lowest BCUT2D eigenvalue weighted by molar-refractivity contribution is 0.548. The third kappa shape index (κ3) is 5.36. The summed E-state index contributed by atoms with van der Waals surface area (Å²) in [6, 6.07) is 6.58. The molecular formula is C18H31N. The Kier molecular flexibility index (Phi) is 6.57. The molecule has 0 fully saturated rings. The van der Waals surface area contributed by atoms with Crippen molar-refractivity contribution in [3.8, 4) is 0 Å². The van der Waals surface area contributed by atoms with E-state index in [0.717, 1.165) is 0 Å². The van der Waals surface area contributed by atoms with Gasteiger partial charge in [-0.3, -0.25) is 0 Å². The van der Waals surface area contributed by atoms with Crippen LogP contribution in [0.2, 0.25) is 0 Å². The van der Waals surface area contributed by atoms with Gasteiger partial charge in [0.1, 0.15) is 0 Å². The van der Waals surface area contributed by atoms with E-state index < -0.39 is 0 Å². The summed E-state index contributed by atoms with van der Waals surface area (Å²) in [6.45, 7) is 8.66. The number of hydrogen-bond donors (Lipinski definition) is 1. The third-order valence-electron chi connectivity index (χ3n) is 3.94. The summed E-state index contributed by atoms with van der Waals surface area (Å²) in [6.07, 6.45) is 9.35. The maximum Gasteiger partial charge on any atom is 0.0355 e. The highest BCUT2D eigenvalue weighted by Gasteiger charge is 2.17. The molecule has 0 heterocycles. The van der Waals surface area contributed by atoms with Gasteiger partial charge in [-0.2, -0.15) is 0 Å². The molecule has 108 valence electrons. The Morgan fingerprint density at radius 1 is 1.00 bits per heavy atom. The highest BCUT2D eigenvalue weighted by molar-refractivity contribution is 5.38. The van der Waals surface area contributed by atoms with E-state index in [1.165, 1.54) is 61.6 Å². The molecule has 0 unspecified atom stereocenters. The Hall–Kier alpha value is -0.820. The second-order valence-electron chi connectivity index (χ2n) is 6.33. The summed E-state index contributed by atoms with van der Waals surface area (Å²) in [4.78, 5) is 0. The van der Waals surface area contributed by atoms with E-state index in [2.05, 4.69) is 45.9 Å². The molecule has 0 bridgehead atoms.